The monoisotopic (exact) mass is 276 g/mol. The number of aryl methyl sites for hydroxylation is 1. The van der Waals surface area contributed by atoms with E-state index in [9.17, 15) is 4.79 Å². The minimum Gasteiger partial charge on any atom is -0.339 e. The van der Waals surface area contributed by atoms with Crippen molar-refractivity contribution in [1.29, 1.82) is 0 Å². The first-order valence-electron chi connectivity index (χ1n) is 6.95. The van der Waals surface area contributed by atoms with Crippen molar-refractivity contribution >= 4 is 27.5 Å². The van der Waals surface area contributed by atoms with Gasteiger partial charge in [-0.05, 0) is 50.6 Å². The normalized spacial score (nSPS) is 24.1. The largest absolute Gasteiger partial charge is 0.339 e. The quantitative estimate of drug-likeness (QED) is 0.780. The molecule has 0 aliphatic carbocycles. The predicted molar refractivity (Wildman–Crippen MR) is 79.7 cm³/mol. The Morgan fingerprint density at radius 3 is 2.63 bits per heavy atom. The Labute approximate surface area is 117 Å². The summed E-state index contributed by atoms with van der Waals surface area (Å²) in [7, 11) is 1.99. The maximum Gasteiger partial charge on any atom is 0.271 e. The van der Waals surface area contributed by atoms with Crippen molar-refractivity contribution in [2.75, 3.05) is 0 Å². The van der Waals surface area contributed by atoms with Crippen LogP contribution in [-0.4, -0.2) is 27.5 Å². The lowest BCUT2D eigenvalue weighted by molar-refractivity contribution is 0.0501. The third-order valence-corrected chi connectivity index (χ3v) is 5.16. The van der Waals surface area contributed by atoms with Gasteiger partial charge in [0.2, 0.25) is 0 Å². The number of nitrogens with zero attached hydrogens (tertiary/aromatic N) is 2. The van der Waals surface area contributed by atoms with Crippen molar-refractivity contribution in [2.45, 2.75) is 45.2 Å². The molecule has 3 rings (SSSR count). The number of amides is 1. The number of fused-ring (bicyclic) bond motifs is 1. The lowest BCUT2D eigenvalue weighted by Gasteiger charge is -2.39. The lowest BCUT2D eigenvalue weighted by Crippen LogP contribution is -2.47. The molecule has 3 nitrogen and oxygen atoms in total. The van der Waals surface area contributed by atoms with Gasteiger partial charge in [-0.15, -0.1) is 11.3 Å². The highest BCUT2D eigenvalue weighted by molar-refractivity contribution is 7.17. The molecule has 1 fully saturated rings. The van der Waals surface area contributed by atoms with Crippen molar-refractivity contribution in [1.82, 2.24) is 9.47 Å². The number of thiophene rings is 1. The number of hydrogen-bond acceptors (Lipinski definition) is 2. The van der Waals surface area contributed by atoms with Crippen molar-refractivity contribution in [2.24, 2.45) is 7.05 Å². The zero-order valence-corrected chi connectivity index (χ0v) is 12.5. The summed E-state index contributed by atoms with van der Waals surface area (Å²) in [6.07, 6.45) is 3.47. The predicted octanol–water partition coefficient (Wildman–Crippen LogP) is 3.64. The standard InChI is InChI=1S/C15H20N2OS/c1-10-5-4-6-11(2)17(10)15(18)13-9-14-12(16(13)3)7-8-19-14/h7-11H,4-6H2,1-3H3/t10-,11+. The zero-order valence-electron chi connectivity index (χ0n) is 11.7. The fourth-order valence-electron chi connectivity index (χ4n) is 3.21. The maximum absolute atomic E-state index is 12.8. The maximum atomic E-state index is 12.8. The van der Waals surface area contributed by atoms with Gasteiger partial charge in [0.15, 0.2) is 0 Å². The van der Waals surface area contributed by atoms with Crippen LogP contribution < -0.4 is 0 Å². The SMILES string of the molecule is C[C@@H]1CCC[C@H](C)N1C(=O)c1cc2sccc2n1C. The molecule has 102 valence electrons. The summed E-state index contributed by atoms with van der Waals surface area (Å²) in [6, 6.07) is 4.82. The summed E-state index contributed by atoms with van der Waals surface area (Å²) >= 11 is 1.70. The fourth-order valence-corrected chi connectivity index (χ4v) is 4.06. The Hall–Kier alpha value is -1.29. The van der Waals surface area contributed by atoms with Gasteiger partial charge in [-0.1, -0.05) is 0 Å². The second kappa shape index (κ2) is 4.67. The van der Waals surface area contributed by atoms with Gasteiger partial charge < -0.3 is 9.47 Å². The molecule has 4 heteroatoms. The minimum absolute atomic E-state index is 0.186. The van der Waals surface area contributed by atoms with Crippen LogP contribution in [0.2, 0.25) is 0 Å². The summed E-state index contributed by atoms with van der Waals surface area (Å²) in [5.41, 5.74) is 1.98. The number of piperidine rings is 1. The molecule has 2 atom stereocenters. The Balaban J connectivity index is 1.98. The molecule has 0 radical (unpaired) electrons. The summed E-state index contributed by atoms with van der Waals surface area (Å²) < 4.78 is 3.23. The second-order valence-corrected chi connectivity index (χ2v) is 6.55. The van der Waals surface area contributed by atoms with Crippen LogP contribution in [0.3, 0.4) is 0 Å². The Morgan fingerprint density at radius 2 is 2.00 bits per heavy atom. The van der Waals surface area contributed by atoms with Crippen molar-refractivity contribution in [3.63, 3.8) is 0 Å². The molecule has 0 bridgehead atoms. The Morgan fingerprint density at radius 1 is 1.32 bits per heavy atom. The smallest absolute Gasteiger partial charge is 0.271 e. The molecule has 1 amide bonds. The molecular weight excluding hydrogens is 256 g/mol. The molecule has 0 unspecified atom stereocenters. The van der Waals surface area contributed by atoms with Crippen LogP contribution in [0.1, 0.15) is 43.6 Å². The molecule has 0 aromatic carbocycles. The molecule has 1 aliphatic rings. The summed E-state index contributed by atoms with van der Waals surface area (Å²) in [4.78, 5) is 14.9. The molecule has 2 aromatic heterocycles. The number of carbonyl (C=O) groups excluding carboxylic acids is 1. The van der Waals surface area contributed by atoms with E-state index in [1.165, 1.54) is 11.1 Å². The van der Waals surface area contributed by atoms with Gasteiger partial charge in [0.1, 0.15) is 5.69 Å². The molecule has 3 heterocycles. The van der Waals surface area contributed by atoms with E-state index in [-0.39, 0.29) is 5.91 Å². The van der Waals surface area contributed by atoms with E-state index in [0.717, 1.165) is 24.1 Å². The molecule has 2 aromatic rings. The van der Waals surface area contributed by atoms with Crippen LogP contribution in [-0.2, 0) is 7.05 Å². The van der Waals surface area contributed by atoms with E-state index < -0.39 is 0 Å². The van der Waals surface area contributed by atoms with E-state index in [4.69, 9.17) is 0 Å². The molecule has 0 saturated carbocycles. The van der Waals surface area contributed by atoms with Gasteiger partial charge in [-0.3, -0.25) is 4.79 Å². The zero-order chi connectivity index (χ0) is 13.6. The van der Waals surface area contributed by atoms with Gasteiger partial charge in [-0.2, -0.15) is 0 Å². The van der Waals surface area contributed by atoms with E-state index in [0.29, 0.717) is 12.1 Å². The second-order valence-electron chi connectivity index (χ2n) is 5.60. The lowest BCUT2D eigenvalue weighted by atomic mass is 9.97. The molecule has 0 spiro atoms. The number of carbonyl (C=O) groups is 1. The number of likely N-dealkylation sites (tertiary alicyclic amines) is 1. The Bertz CT molecular complexity index is 603. The first-order valence-corrected chi connectivity index (χ1v) is 7.83. The van der Waals surface area contributed by atoms with Crippen LogP contribution in [0.15, 0.2) is 17.5 Å². The van der Waals surface area contributed by atoms with E-state index in [1.54, 1.807) is 11.3 Å². The van der Waals surface area contributed by atoms with Crippen molar-refractivity contribution in [3.05, 3.63) is 23.2 Å². The van der Waals surface area contributed by atoms with Gasteiger partial charge in [0.25, 0.3) is 5.91 Å². The number of aromatic nitrogens is 1. The van der Waals surface area contributed by atoms with Gasteiger partial charge in [-0.25, -0.2) is 0 Å². The molecular formula is C15H20N2OS. The molecule has 1 saturated heterocycles. The minimum atomic E-state index is 0.186. The molecule has 0 N–H and O–H groups in total. The number of hydrogen-bond donors (Lipinski definition) is 0. The van der Waals surface area contributed by atoms with E-state index in [1.807, 2.05) is 17.7 Å². The first kappa shape index (κ1) is 12.7. The average molecular weight is 276 g/mol. The highest BCUT2D eigenvalue weighted by atomic mass is 32.1. The van der Waals surface area contributed by atoms with Gasteiger partial charge in [0, 0.05) is 19.1 Å². The fraction of sp³-hybridized carbons (Fsp3) is 0.533. The molecule has 19 heavy (non-hydrogen) atoms. The topological polar surface area (TPSA) is 25.2 Å². The van der Waals surface area contributed by atoms with Crippen molar-refractivity contribution in [3.8, 4) is 0 Å². The molecule has 1 aliphatic heterocycles. The first-order chi connectivity index (χ1) is 9.09. The van der Waals surface area contributed by atoms with Gasteiger partial charge in [0.05, 0.1) is 10.2 Å². The van der Waals surface area contributed by atoms with E-state index >= 15 is 0 Å². The van der Waals surface area contributed by atoms with Crippen LogP contribution in [0.4, 0.5) is 0 Å². The van der Waals surface area contributed by atoms with Gasteiger partial charge >= 0.3 is 0 Å². The van der Waals surface area contributed by atoms with E-state index in [2.05, 4.69) is 30.2 Å². The third kappa shape index (κ3) is 1.98. The van der Waals surface area contributed by atoms with Crippen molar-refractivity contribution < 1.29 is 4.79 Å². The average Bonchev–Trinajstić information content (AvgIpc) is 2.92. The van der Waals surface area contributed by atoms with Crippen LogP contribution in [0.25, 0.3) is 10.2 Å². The highest BCUT2D eigenvalue weighted by Crippen LogP contribution is 2.28. The summed E-state index contributed by atoms with van der Waals surface area (Å²) in [5, 5.41) is 2.07. The summed E-state index contributed by atoms with van der Waals surface area (Å²) in [6.45, 7) is 4.33. The Kier molecular flexibility index (Phi) is 3.13. The number of rotatable bonds is 1. The van der Waals surface area contributed by atoms with Crippen LogP contribution in [0.5, 0.6) is 0 Å². The van der Waals surface area contributed by atoms with Crippen LogP contribution in [0, 0.1) is 0 Å². The van der Waals surface area contributed by atoms with Crippen LogP contribution >= 0.6 is 11.3 Å². The highest BCUT2D eigenvalue weighted by Gasteiger charge is 2.31. The third-order valence-electron chi connectivity index (χ3n) is 4.31. The summed E-state index contributed by atoms with van der Waals surface area (Å²) in [5.74, 6) is 0.186.